The lowest BCUT2D eigenvalue weighted by Gasteiger charge is -2.35. The third kappa shape index (κ3) is 12.3. The molecule has 0 radical (unpaired) electrons. The number of nitrogens with one attached hydrogen (secondary N) is 1. The fourth-order valence-corrected chi connectivity index (χ4v) is 21.1. The molecule has 0 spiro atoms. The maximum atomic E-state index is 4.26. The molecule has 0 aliphatic rings. The number of hydrogen-bond acceptors (Lipinski definition) is 1. The second-order valence-electron chi connectivity index (χ2n) is 14.8. The SMILES string of the molecule is CCCC[Si](CCCC)(CCCC)c1cccc(P(NC(C)C(C)C)c2cccc([Si](CCCC)(CCCC)CCCC)c2)c1. The molecule has 0 aliphatic heterocycles. The van der Waals surface area contributed by atoms with Crippen molar-refractivity contribution < 1.29 is 0 Å². The zero-order valence-electron chi connectivity index (χ0n) is 31.4. The Hall–Kier alpha value is -0.736. The van der Waals surface area contributed by atoms with Crippen LogP contribution in [0.4, 0.5) is 0 Å². The summed E-state index contributed by atoms with van der Waals surface area (Å²) in [5, 5.41) is 10.9. The van der Waals surface area contributed by atoms with Gasteiger partial charge in [-0.25, -0.2) is 0 Å². The molecule has 0 aliphatic carbocycles. The fraction of sp³-hybridized carbons (Fsp3) is 0.707. The Kier molecular flexibility index (Phi) is 19.8. The smallest absolute Gasteiger partial charge is 0.0867 e. The average molecular weight is 668 g/mol. The van der Waals surface area contributed by atoms with E-state index in [-0.39, 0.29) is 0 Å². The Bertz CT molecular complexity index is 934. The van der Waals surface area contributed by atoms with Crippen molar-refractivity contribution in [3.05, 3.63) is 48.5 Å². The zero-order valence-corrected chi connectivity index (χ0v) is 34.3. The van der Waals surface area contributed by atoms with Gasteiger partial charge in [0, 0.05) is 14.1 Å². The zero-order chi connectivity index (χ0) is 33.1. The predicted molar refractivity (Wildman–Crippen MR) is 216 cm³/mol. The Morgan fingerprint density at radius 3 is 1.09 bits per heavy atom. The normalized spacial score (nSPS) is 13.2. The molecule has 1 nitrogen and oxygen atoms in total. The van der Waals surface area contributed by atoms with Gasteiger partial charge in [-0.15, -0.1) is 0 Å². The third-order valence-corrected chi connectivity index (χ3v) is 24.0. The van der Waals surface area contributed by atoms with Gasteiger partial charge in [0.05, 0.1) is 16.1 Å². The molecule has 0 saturated heterocycles. The predicted octanol–water partition coefficient (Wildman–Crippen LogP) is 11.8. The van der Waals surface area contributed by atoms with E-state index < -0.39 is 24.2 Å². The molecule has 1 unspecified atom stereocenters. The van der Waals surface area contributed by atoms with E-state index in [4.69, 9.17) is 0 Å². The summed E-state index contributed by atoms with van der Waals surface area (Å²) >= 11 is 0. The molecule has 0 aromatic heterocycles. The third-order valence-electron chi connectivity index (χ3n) is 10.8. The summed E-state index contributed by atoms with van der Waals surface area (Å²) < 4.78 is 0. The minimum atomic E-state index is -1.57. The average Bonchev–Trinajstić information content (AvgIpc) is 3.06. The topological polar surface area (TPSA) is 12.0 Å². The quantitative estimate of drug-likeness (QED) is 0.0821. The largest absolute Gasteiger partial charge is 0.285 e. The standard InChI is InChI=1S/C41H74NPSi2/c1-10-16-28-44(29-17-11-2,30-18-12-3)40-26-22-24-38(34-40)43(42-37(9)36(7)8)39-25-23-27-41(35-39)45(31-19-13-4,32-20-14-5)33-21-15-6/h22-27,34-37,42H,10-21,28-33H2,1-9H3. The van der Waals surface area contributed by atoms with E-state index in [1.54, 1.807) is 21.0 Å². The van der Waals surface area contributed by atoms with Crippen LogP contribution in [0.2, 0.25) is 36.3 Å². The van der Waals surface area contributed by atoms with Gasteiger partial charge in [0.2, 0.25) is 0 Å². The van der Waals surface area contributed by atoms with E-state index in [0.29, 0.717) is 12.0 Å². The number of rotatable bonds is 25. The minimum Gasteiger partial charge on any atom is -0.285 e. The van der Waals surface area contributed by atoms with Crippen LogP contribution in [-0.2, 0) is 0 Å². The van der Waals surface area contributed by atoms with Gasteiger partial charge in [0.15, 0.2) is 0 Å². The highest BCUT2D eigenvalue weighted by Crippen LogP contribution is 2.34. The fourth-order valence-electron chi connectivity index (χ4n) is 7.31. The van der Waals surface area contributed by atoms with Gasteiger partial charge < -0.3 is 0 Å². The molecule has 0 heterocycles. The summed E-state index contributed by atoms with van der Waals surface area (Å²) in [6, 6.07) is 29.7. The Morgan fingerprint density at radius 2 is 0.822 bits per heavy atom. The van der Waals surface area contributed by atoms with E-state index in [2.05, 4.69) is 116 Å². The van der Waals surface area contributed by atoms with Crippen molar-refractivity contribution in [2.45, 2.75) is 182 Å². The number of unbranched alkanes of at least 4 members (excludes halogenated alkanes) is 6. The van der Waals surface area contributed by atoms with Gasteiger partial charge in [-0.2, -0.15) is 0 Å². The number of benzene rings is 2. The van der Waals surface area contributed by atoms with Crippen LogP contribution in [0.25, 0.3) is 0 Å². The molecule has 1 N–H and O–H groups in total. The maximum absolute atomic E-state index is 4.26. The van der Waals surface area contributed by atoms with Gasteiger partial charge in [-0.1, -0.05) is 228 Å². The van der Waals surface area contributed by atoms with Crippen LogP contribution in [0, 0.1) is 5.92 Å². The first kappa shape index (κ1) is 40.4. The van der Waals surface area contributed by atoms with E-state index in [1.165, 1.54) is 113 Å². The summed E-state index contributed by atoms with van der Waals surface area (Å²) in [5.74, 6) is 0.612. The second kappa shape index (κ2) is 22.0. The Labute approximate surface area is 285 Å². The van der Waals surface area contributed by atoms with Gasteiger partial charge in [0.25, 0.3) is 0 Å². The van der Waals surface area contributed by atoms with Crippen molar-refractivity contribution in [1.82, 2.24) is 5.09 Å². The van der Waals surface area contributed by atoms with Crippen LogP contribution in [0.5, 0.6) is 0 Å². The Morgan fingerprint density at radius 1 is 0.511 bits per heavy atom. The van der Waals surface area contributed by atoms with Crippen LogP contribution >= 0.6 is 8.07 Å². The van der Waals surface area contributed by atoms with Crippen LogP contribution in [0.3, 0.4) is 0 Å². The first-order valence-electron chi connectivity index (χ1n) is 19.5. The first-order chi connectivity index (χ1) is 21.8. The van der Waals surface area contributed by atoms with Crippen LogP contribution in [0.1, 0.15) is 139 Å². The molecule has 2 rings (SSSR count). The minimum absolute atomic E-state index is 0.480. The Balaban J connectivity index is 2.72. The van der Waals surface area contributed by atoms with Crippen molar-refractivity contribution in [3.63, 3.8) is 0 Å². The van der Waals surface area contributed by atoms with Crippen molar-refractivity contribution in [3.8, 4) is 0 Å². The molecular weight excluding hydrogens is 594 g/mol. The van der Waals surface area contributed by atoms with E-state index in [0.717, 1.165) is 0 Å². The maximum Gasteiger partial charge on any atom is 0.0867 e. The lowest BCUT2D eigenvalue weighted by molar-refractivity contribution is 0.499. The molecule has 256 valence electrons. The van der Waals surface area contributed by atoms with Gasteiger partial charge >= 0.3 is 0 Å². The summed E-state index contributed by atoms with van der Waals surface area (Å²) in [7, 11) is -3.77. The van der Waals surface area contributed by atoms with Crippen molar-refractivity contribution in [2.75, 3.05) is 0 Å². The molecule has 0 amide bonds. The molecule has 0 fully saturated rings. The van der Waals surface area contributed by atoms with Crippen LogP contribution in [-0.4, -0.2) is 22.2 Å². The van der Waals surface area contributed by atoms with E-state index in [1.807, 2.05) is 0 Å². The lowest BCUT2D eigenvalue weighted by atomic mass is 10.1. The monoisotopic (exact) mass is 668 g/mol. The summed E-state index contributed by atoms with van der Waals surface area (Å²) in [6.45, 7) is 21.5. The summed E-state index contributed by atoms with van der Waals surface area (Å²) in [4.78, 5) is 0. The lowest BCUT2D eigenvalue weighted by Crippen LogP contribution is -2.49. The highest BCUT2D eigenvalue weighted by Gasteiger charge is 2.35. The summed E-state index contributed by atoms with van der Waals surface area (Å²) in [5.41, 5.74) is 0. The van der Waals surface area contributed by atoms with Crippen molar-refractivity contribution in [2.24, 2.45) is 5.92 Å². The molecule has 2 aromatic rings. The molecule has 0 saturated carbocycles. The molecule has 4 heteroatoms. The molecule has 0 bridgehead atoms. The van der Waals surface area contributed by atoms with Gasteiger partial charge in [-0.3, -0.25) is 5.09 Å². The van der Waals surface area contributed by atoms with E-state index >= 15 is 0 Å². The second-order valence-corrected chi connectivity index (χ2v) is 26.0. The molecule has 45 heavy (non-hydrogen) atoms. The summed E-state index contributed by atoms with van der Waals surface area (Å²) in [6.07, 6.45) is 16.3. The highest BCUT2D eigenvalue weighted by atomic mass is 31.1. The highest BCUT2D eigenvalue weighted by molar-refractivity contribution is 7.71. The molecular formula is C41H74NPSi2. The van der Waals surface area contributed by atoms with Gasteiger partial charge in [0.1, 0.15) is 0 Å². The molecule has 2 aromatic carbocycles. The van der Waals surface area contributed by atoms with Crippen molar-refractivity contribution in [1.29, 1.82) is 0 Å². The van der Waals surface area contributed by atoms with Crippen molar-refractivity contribution >= 4 is 45.2 Å². The van der Waals surface area contributed by atoms with Crippen LogP contribution < -0.4 is 26.1 Å². The molecule has 1 atom stereocenters. The first-order valence-corrected chi connectivity index (χ1v) is 26.1. The number of hydrogen-bond donors (Lipinski definition) is 1. The van der Waals surface area contributed by atoms with Gasteiger partial charge in [-0.05, 0) is 23.5 Å². The van der Waals surface area contributed by atoms with Crippen LogP contribution in [0.15, 0.2) is 48.5 Å². The van der Waals surface area contributed by atoms with E-state index in [9.17, 15) is 0 Å².